The van der Waals surface area contributed by atoms with Crippen LogP contribution in [-0.2, 0) is 6.54 Å². The monoisotopic (exact) mass is 351 g/mol. The molecule has 108 valence electrons. The zero-order valence-corrected chi connectivity index (χ0v) is 12.4. The van der Waals surface area contributed by atoms with Gasteiger partial charge in [-0.05, 0) is 35.9 Å². The van der Waals surface area contributed by atoms with Crippen molar-refractivity contribution < 1.29 is 19.1 Å². The first-order chi connectivity index (χ1) is 9.97. The number of hydrogen-bond donors (Lipinski definition) is 2. The van der Waals surface area contributed by atoms with Gasteiger partial charge in [0.15, 0.2) is 0 Å². The van der Waals surface area contributed by atoms with Gasteiger partial charge in [-0.25, -0.2) is 9.18 Å². The van der Waals surface area contributed by atoms with Crippen LogP contribution in [0.4, 0.5) is 4.39 Å². The smallest absolute Gasteiger partial charge is 0.335 e. The summed E-state index contributed by atoms with van der Waals surface area (Å²) >= 11 is 3.18. The van der Waals surface area contributed by atoms with Crippen LogP contribution in [0.1, 0.15) is 26.3 Å². The number of benzene rings is 2. The fourth-order valence-corrected chi connectivity index (χ4v) is 2.08. The molecule has 2 N–H and O–H groups in total. The first-order valence-electron chi connectivity index (χ1n) is 6.03. The summed E-state index contributed by atoms with van der Waals surface area (Å²) in [6.07, 6.45) is 0. The Morgan fingerprint density at radius 1 is 1.14 bits per heavy atom. The number of halogens is 2. The summed E-state index contributed by atoms with van der Waals surface area (Å²) in [5.74, 6) is -2.14. The van der Waals surface area contributed by atoms with E-state index in [0.717, 1.165) is 5.56 Å². The van der Waals surface area contributed by atoms with Gasteiger partial charge < -0.3 is 10.4 Å². The quantitative estimate of drug-likeness (QED) is 0.888. The average molecular weight is 352 g/mol. The third-order valence-corrected chi connectivity index (χ3v) is 3.32. The van der Waals surface area contributed by atoms with Crippen molar-refractivity contribution in [1.29, 1.82) is 0 Å². The molecule has 21 heavy (non-hydrogen) atoms. The summed E-state index contributed by atoms with van der Waals surface area (Å²) in [4.78, 5) is 22.6. The number of carboxylic acid groups (broad SMARTS) is 1. The minimum atomic E-state index is -1.01. The maximum absolute atomic E-state index is 13.5. The lowest BCUT2D eigenvalue weighted by atomic mass is 10.1. The first kappa shape index (κ1) is 15.2. The molecule has 0 aliphatic heterocycles. The molecule has 6 heteroatoms. The van der Waals surface area contributed by atoms with Crippen LogP contribution in [0.15, 0.2) is 46.9 Å². The maximum Gasteiger partial charge on any atom is 0.335 e. The fourth-order valence-electron chi connectivity index (χ4n) is 1.71. The molecule has 0 atom stereocenters. The molecule has 0 saturated heterocycles. The molecule has 0 fully saturated rings. The van der Waals surface area contributed by atoms with Gasteiger partial charge in [0, 0.05) is 11.0 Å². The van der Waals surface area contributed by atoms with Crippen LogP contribution >= 0.6 is 15.9 Å². The minimum absolute atomic E-state index is 0.0495. The Hall–Kier alpha value is -2.21. The first-order valence-corrected chi connectivity index (χ1v) is 6.82. The molecular formula is C15H11BrFNO3. The van der Waals surface area contributed by atoms with Gasteiger partial charge in [-0.3, -0.25) is 4.79 Å². The van der Waals surface area contributed by atoms with Gasteiger partial charge in [0.05, 0.1) is 11.1 Å². The summed E-state index contributed by atoms with van der Waals surface area (Å²) in [6, 6.07) is 10.2. The SMILES string of the molecule is O=C(O)c1ccc(CNC(=O)c2cc(Br)ccc2F)cc1. The van der Waals surface area contributed by atoms with Crippen LogP contribution in [0.25, 0.3) is 0 Å². The lowest BCUT2D eigenvalue weighted by Gasteiger charge is -2.07. The minimum Gasteiger partial charge on any atom is -0.478 e. The predicted molar refractivity (Wildman–Crippen MR) is 78.7 cm³/mol. The van der Waals surface area contributed by atoms with E-state index >= 15 is 0 Å². The van der Waals surface area contributed by atoms with E-state index in [1.807, 2.05) is 0 Å². The van der Waals surface area contributed by atoms with Crippen LogP contribution in [-0.4, -0.2) is 17.0 Å². The predicted octanol–water partition coefficient (Wildman–Crippen LogP) is 3.22. The molecule has 0 radical (unpaired) electrons. The molecule has 0 unspecified atom stereocenters. The summed E-state index contributed by atoms with van der Waals surface area (Å²) < 4.78 is 14.2. The number of carbonyl (C=O) groups excluding carboxylic acids is 1. The highest BCUT2D eigenvalue weighted by Crippen LogP contribution is 2.15. The highest BCUT2D eigenvalue weighted by Gasteiger charge is 2.12. The number of amides is 1. The number of hydrogen-bond acceptors (Lipinski definition) is 2. The Bertz CT molecular complexity index is 686. The molecule has 0 bridgehead atoms. The Labute approximate surface area is 128 Å². The van der Waals surface area contributed by atoms with E-state index in [1.54, 1.807) is 12.1 Å². The number of rotatable bonds is 4. The zero-order valence-electron chi connectivity index (χ0n) is 10.8. The van der Waals surface area contributed by atoms with Crippen LogP contribution in [0, 0.1) is 5.82 Å². The summed E-state index contributed by atoms with van der Waals surface area (Å²) in [5.41, 5.74) is 0.846. The Morgan fingerprint density at radius 3 is 2.43 bits per heavy atom. The molecule has 0 aliphatic rings. The third-order valence-electron chi connectivity index (χ3n) is 2.83. The molecule has 0 aromatic heterocycles. The molecule has 4 nitrogen and oxygen atoms in total. The Balaban J connectivity index is 2.04. The normalized spacial score (nSPS) is 10.2. The average Bonchev–Trinajstić information content (AvgIpc) is 2.47. The van der Waals surface area contributed by atoms with E-state index in [4.69, 9.17) is 5.11 Å². The van der Waals surface area contributed by atoms with E-state index in [-0.39, 0.29) is 17.7 Å². The Kier molecular flexibility index (Phi) is 4.70. The van der Waals surface area contributed by atoms with Crippen LogP contribution in [0.3, 0.4) is 0 Å². The topological polar surface area (TPSA) is 66.4 Å². The number of carboxylic acids is 1. The lowest BCUT2D eigenvalue weighted by Crippen LogP contribution is -2.23. The molecule has 1 amide bonds. The second kappa shape index (κ2) is 6.49. The van der Waals surface area contributed by atoms with Crippen molar-refractivity contribution in [3.63, 3.8) is 0 Å². The van der Waals surface area contributed by atoms with Gasteiger partial charge >= 0.3 is 5.97 Å². The molecule has 0 aliphatic carbocycles. The molecule has 2 aromatic carbocycles. The van der Waals surface area contributed by atoms with Gasteiger partial charge in [0.25, 0.3) is 5.91 Å². The van der Waals surface area contributed by atoms with E-state index in [1.165, 1.54) is 30.3 Å². The molecule has 2 aromatic rings. The number of aromatic carboxylic acids is 1. The van der Waals surface area contributed by atoms with Crippen LogP contribution in [0.2, 0.25) is 0 Å². The summed E-state index contributed by atoms with van der Waals surface area (Å²) in [7, 11) is 0. The van der Waals surface area contributed by atoms with E-state index < -0.39 is 17.7 Å². The highest BCUT2D eigenvalue weighted by molar-refractivity contribution is 9.10. The van der Waals surface area contributed by atoms with Crippen LogP contribution in [0.5, 0.6) is 0 Å². The largest absolute Gasteiger partial charge is 0.478 e. The second-order valence-electron chi connectivity index (χ2n) is 4.31. The summed E-state index contributed by atoms with van der Waals surface area (Å²) in [6.45, 7) is 0.185. The molecule has 0 saturated carbocycles. The van der Waals surface area contributed by atoms with E-state index in [9.17, 15) is 14.0 Å². The molecule has 2 rings (SSSR count). The third kappa shape index (κ3) is 3.88. The number of carbonyl (C=O) groups is 2. The highest BCUT2D eigenvalue weighted by atomic mass is 79.9. The lowest BCUT2D eigenvalue weighted by molar-refractivity contribution is 0.0696. The molecular weight excluding hydrogens is 341 g/mol. The molecule has 0 heterocycles. The van der Waals surface area contributed by atoms with Crippen molar-refractivity contribution in [1.82, 2.24) is 5.32 Å². The van der Waals surface area contributed by atoms with Gasteiger partial charge in [-0.2, -0.15) is 0 Å². The fraction of sp³-hybridized carbons (Fsp3) is 0.0667. The van der Waals surface area contributed by atoms with Crippen molar-refractivity contribution in [3.8, 4) is 0 Å². The maximum atomic E-state index is 13.5. The van der Waals surface area contributed by atoms with Gasteiger partial charge in [0.2, 0.25) is 0 Å². The standard InChI is InChI=1S/C15H11BrFNO3/c16-11-5-6-13(17)12(7-11)14(19)18-8-9-1-3-10(4-2-9)15(20)21/h1-7H,8H2,(H,18,19)(H,20,21). The van der Waals surface area contributed by atoms with Gasteiger partial charge in [-0.1, -0.05) is 28.1 Å². The van der Waals surface area contributed by atoms with Crippen molar-refractivity contribution in [2.24, 2.45) is 0 Å². The summed E-state index contributed by atoms with van der Waals surface area (Å²) in [5, 5.41) is 11.4. The number of nitrogens with one attached hydrogen (secondary N) is 1. The van der Waals surface area contributed by atoms with Crippen molar-refractivity contribution in [3.05, 3.63) is 69.4 Å². The van der Waals surface area contributed by atoms with E-state index in [0.29, 0.717) is 4.47 Å². The van der Waals surface area contributed by atoms with Gasteiger partial charge in [0.1, 0.15) is 5.82 Å². The second-order valence-corrected chi connectivity index (χ2v) is 5.22. The zero-order chi connectivity index (χ0) is 15.4. The van der Waals surface area contributed by atoms with Crippen molar-refractivity contribution in [2.45, 2.75) is 6.54 Å². The van der Waals surface area contributed by atoms with Crippen molar-refractivity contribution >= 4 is 27.8 Å². The van der Waals surface area contributed by atoms with E-state index in [2.05, 4.69) is 21.2 Å². The Morgan fingerprint density at radius 2 is 1.81 bits per heavy atom. The molecule has 0 spiro atoms. The van der Waals surface area contributed by atoms with Crippen molar-refractivity contribution in [2.75, 3.05) is 0 Å². The van der Waals surface area contributed by atoms with Crippen LogP contribution < -0.4 is 5.32 Å². The van der Waals surface area contributed by atoms with Gasteiger partial charge in [-0.15, -0.1) is 0 Å².